The molecule has 8 aromatic rings. The fourth-order valence-corrected chi connectivity index (χ4v) is 12.0. The van der Waals surface area contributed by atoms with E-state index in [1.807, 2.05) is 47.2 Å². The molecule has 2 bridgehead atoms. The van der Waals surface area contributed by atoms with Gasteiger partial charge in [-0.2, -0.15) is 10.2 Å². The van der Waals surface area contributed by atoms with E-state index >= 15 is 0 Å². The third-order valence-electron chi connectivity index (χ3n) is 12.5. The number of nitrogens with one attached hydrogen (secondary N) is 2. The van der Waals surface area contributed by atoms with Crippen molar-refractivity contribution in [2.24, 2.45) is 11.8 Å². The van der Waals surface area contributed by atoms with Gasteiger partial charge in [0.05, 0.1) is 27.7 Å². The topological polar surface area (TPSA) is 171 Å². The quantitative estimate of drug-likeness (QED) is 0.170. The van der Waals surface area contributed by atoms with Crippen LogP contribution < -0.4 is 10.6 Å². The van der Waals surface area contributed by atoms with Crippen LogP contribution in [0.25, 0.3) is 31.5 Å². The van der Waals surface area contributed by atoms with Gasteiger partial charge in [0.25, 0.3) is 0 Å². The van der Waals surface area contributed by atoms with E-state index in [2.05, 4.69) is 63.7 Å². The number of likely N-dealkylation sites (tertiary alicyclic amines) is 2. The zero-order valence-electron chi connectivity index (χ0n) is 32.2. The van der Waals surface area contributed by atoms with Crippen molar-refractivity contribution < 1.29 is 14.7 Å². The predicted molar refractivity (Wildman–Crippen MR) is 227 cm³/mol. The molecule has 1 amide bonds. The Bertz CT molecular complexity index is 2930. The van der Waals surface area contributed by atoms with Gasteiger partial charge >= 0.3 is 5.97 Å². The number of amides is 1. The molecule has 12 rings (SSSR count). The van der Waals surface area contributed by atoms with Gasteiger partial charge in [-0.15, -0.1) is 22.7 Å². The van der Waals surface area contributed by atoms with E-state index in [0.29, 0.717) is 30.8 Å². The Morgan fingerprint density at radius 1 is 0.729 bits per heavy atom. The molecule has 0 saturated carbocycles. The van der Waals surface area contributed by atoms with Crippen LogP contribution in [-0.2, 0) is 35.3 Å². The monoisotopic (exact) mass is 824 g/mol. The SMILES string of the molecule is CN1C[C@@H]2C[C@H]1CN2C(=O)[C@H]1CCc2c(sc3ncnc(Nc4ccn5nccc5c4)c23)C1.O=C(O)[C@H]1CCc2c(sc3ncnc(Nc4ccn5nccc5c4)c23)C1. The summed E-state index contributed by atoms with van der Waals surface area (Å²) in [5, 5.41) is 26.8. The summed E-state index contributed by atoms with van der Waals surface area (Å²) in [7, 11) is 2.18. The number of rotatable bonds is 6. The zero-order valence-corrected chi connectivity index (χ0v) is 33.8. The van der Waals surface area contributed by atoms with Crippen LogP contribution in [0.5, 0.6) is 0 Å². The minimum Gasteiger partial charge on any atom is -0.481 e. The minimum absolute atomic E-state index is 0.0869. The summed E-state index contributed by atoms with van der Waals surface area (Å²) in [6.07, 6.45) is 16.3. The number of nitrogens with zero attached hydrogens (tertiary/aromatic N) is 10. The highest BCUT2D eigenvalue weighted by molar-refractivity contribution is 7.19. The van der Waals surface area contributed by atoms with Crippen LogP contribution in [0.4, 0.5) is 23.0 Å². The van der Waals surface area contributed by atoms with E-state index in [9.17, 15) is 14.7 Å². The molecular formula is C42H40N12O3S2. The van der Waals surface area contributed by atoms with Gasteiger partial charge in [-0.3, -0.25) is 14.5 Å². The molecule has 10 heterocycles. The van der Waals surface area contributed by atoms with Gasteiger partial charge in [0.2, 0.25) is 5.91 Å². The van der Waals surface area contributed by atoms with Crippen LogP contribution in [0.1, 0.15) is 40.1 Å². The number of carbonyl (C=O) groups excluding carboxylic acids is 1. The lowest BCUT2D eigenvalue weighted by molar-refractivity contribution is -0.142. The molecule has 4 aliphatic rings. The number of thiophene rings is 2. The summed E-state index contributed by atoms with van der Waals surface area (Å²) in [4.78, 5) is 51.6. The molecule has 0 unspecified atom stereocenters. The van der Waals surface area contributed by atoms with Gasteiger partial charge < -0.3 is 20.6 Å². The summed E-state index contributed by atoms with van der Waals surface area (Å²) in [6, 6.07) is 12.9. The number of aliphatic carboxylic acids is 1. The first-order chi connectivity index (χ1) is 28.8. The molecule has 2 fully saturated rings. The molecule has 8 aromatic heterocycles. The Hall–Kier alpha value is -6.04. The number of carboxylic acids is 1. The van der Waals surface area contributed by atoms with Crippen molar-refractivity contribution in [1.82, 2.24) is 49.0 Å². The first-order valence-electron chi connectivity index (χ1n) is 20.0. The highest BCUT2D eigenvalue weighted by atomic mass is 32.1. The van der Waals surface area contributed by atoms with Gasteiger partial charge in [0.1, 0.15) is 34.0 Å². The lowest BCUT2D eigenvalue weighted by Crippen LogP contribution is -2.49. The van der Waals surface area contributed by atoms with Crippen molar-refractivity contribution in [3.63, 3.8) is 0 Å². The second-order valence-corrected chi connectivity index (χ2v) is 18.2. The zero-order chi connectivity index (χ0) is 39.8. The van der Waals surface area contributed by atoms with E-state index in [-0.39, 0.29) is 11.8 Å². The number of likely N-dealkylation sites (N-methyl/N-ethyl adjacent to an activating group) is 1. The molecule has 0 radical (unpaired) electrons. The molecule has 2 aliphatic heterocycles. The normalized spacial score (nSPS) is 21.1. The van der Waals surface area contributed by atoms with Crippen LogP contribution in [0.3, 0.4) is 0 Å². The number of piperazine rings is 1. The molecule has 2 saturated heterocycles. The maximum Gasteiger partial charge on any atom is 0.306 e. The number of hydrogen-bond acceptors (Lipinski definition) is 13. The number of hydrogen-bond donors (Lipinski definition) is 3. The molecule has 0 spiro atoms. The van der Waals surface area contributed by atoms with Crippen LogP contribution in [0, 0.1) is 11.8 Å². The highest BCUT2D eigenvalue weighted by Gasteiger charge is 2.45. The summed E-state index contributed by atoms with van der Waals surface area (Å²) in [5.41, 5.74) is 6.43. The van der Waals surface area contributed by atoms with Crippen LogP contribution >= 0.6 is 22.7 Å². The standard InChI is InChI=1S/C24H25N7OS.C18H15N5O2S/c1-29-11-18-10-17(29)12-30(18)24(32)14-2-3-19-20(8-14)33-23-21(19)22(25-13-26-23)28-15-5-7-31-16(9-15)4-6-27-31;24-18(25)10-1-2-13-14(7-10)26-17-15(13)16(19-9-20-17)22-11-4-6-23-12(8-11)3-5-21-23/h4-7,9,13-14,17-18H,2-3,8,10-12H2,1H3,(H,25,26,28);3-6,8-10H,1-2,7H2,(H,24,25)(H,19,20,22)/t14-,17-,18-;10-/m00/s1. The van der Waals surface area contributed by atoms with Gasteiger partial charge in [0, 0.05) is 77.0 Å². The first kappa shape index (κ1) is 36.1. The van der Waals surface area contributed by atoms with Crippen molar-refractivity contribution in [3.05, 3.63) is 94.7 Å². The number of pyridine rings is 2. The first-order valence-corrected chi connectivity index (χ1v) is 21.6. The number of fused-ring (bicyclic) bond motifs is 10. The number of carbonyl (C=O) groups is 2. The maximum absolute atomic E-state index is 13.4. The second-order valence-electron chi connectivity index (χ2n) is 16.0. The van der Waals surface area contributed by atoms with E-state index < -0.39 is 5.97 Å². The minimum atomic E-state index is -0.716. The third-order valence-corrected chi connectivity index (χ3v) is 14.8. The highest BCUT2D eigenvalue weighted by Crippen LogP contribution is 2.43. The number of anilines is 4. The molecule has 0 aromatic carbocycles. The molecule has 298 valence electrons. The Morgan fingerprint density at radius 3 is 1.81 bits per heavy atom. The van der Waals surface area contributed by atoms with E-state index in [4.69, 9.17) is 0 Å². The predicted octanol–water partition coefficient (Wildman–Crippen LogP) is 6.37. The van der Waals surface area contributed by atoms with Crippen LogP contribution in [0.15, 0.2) is 73.8 Å². The number of aromatic nitrogens is 8. The van der Waals surface area contributed by atoms with Crippen molar-refractivity contribution in [1.29, 1.82) is 0 Å². The lowest BCUT2D eigenvalue weighted by Gasteiger charge is -2.35. The summed E-state index contributed by atoms with van der Waals surface area (Å²) in [6.45, 7) is 1.92. The fourth-order valence-electron chi connectivity index (χ4n) is 9.47. The van der Waals surface area contributed by atoms with Crippen molar-refractivity contribution in [3.8, 4) is 0 Å². The molecule has 15 nitrogen and oxygen atoms in total. The molecule has 59 heavy (non-hydrogen) atoms. The molecule has 3 N–H and O–H groups in total. The lowest BCUT2D eigenvalue weighted by atomic mass is 9.86. The third kappa shape index (κ3) is 6.44. The Balaban J connectivity index is 0.000000139. The van der Waals surface area contributed by atoms with E-state index in [0.717, 1.165) is 105 Å². The van der Waals surface area contributed by atoms with E-state index in [1.54, 1.807) is 52.2 Å². The van der Waals surface area contributed by atoms with Crippen LogP contribution in [0.2, 0.25) is 0 Å². The number of carboxylic acid groups (broad SMARTS) is 1. The summed E-state index contributed by atoms with van der Waals surface area (Å²) >= 11 is 3.30. The Kier molecular flexibility index (Phi) is 8.78. The largest absolute Gasteiger partial charge is 0.481 e. The molecular weight excluding hydrogens is 785 g/mol. The molecule has 2 aliphatic carbocycles. The van der Waals surface area contributed by atoms with Gasteiger partial charge in [-0.1, -0.05) is 0 Å². The van der Waals surface area contributed by atoms with Crippen molar-refractivity contribution in [2.75, 3.05) is 30.8 Å². The molecule has 4 atom stereocenters. The summed E-state index contributed by atoms with van der Waals surface area (Å²) < 4.78 is 3.65. The van der Waals surface area contributed by atoms with Crippen molar-refractivity contribution >= 4 is 89.0 Å². The summed E-state index contributed by atoms with van der Waals surface area (Å²) in [5.74, 6) is 1.04. The number of aryl methyl sites for hydroxylation is 2. The average molecular weight is 825 g/mol. The molecule has 17 heteroatoms. The van der Waals surface area contributed by atoms with Crippen molar-refractivity contribution in [2.45, 2.75) is 57.0 Å². The van der Waals surface area contributed by atoms with Gasteiger partial charge in [-0.05, 0) is 99.5 Å². The van der Waals surface area contributed by atoms with Crippen LogP contribution in [-0.4, -0.2) is 98.2 Å². The second kappa shape index (κ2) is 14.4. The fraction of sp³-hybridized carbons (Fsp3) is 0.333. The Labute approximate surface area is 345 Å². The van der Waals surface area contributed by atoms with Gasteiger partial charge in [-0.25, -0.2) is 29.0 Å². The average Bonchev–Trinajstić information content (AvgIpc) is 4.11. The van der Waals surface area contributed by atoms with E-state index in [1.165, 1.54) is 16.0 Å². The Morgan fingerprint density at radius 2 is 1.29 bits per heavy atom. The maximum atomic E-state index is 13.4. The van der Waals surface area contributed by atoms with Gasteiger partial charge in [0.15, 0.2) is 0 Å². The smallest absolute Gasteiger partial charge is 0.306 e.